The Bertz CT molecular complexity index is 1100. The smallest absolute Gasteiger partial charge is 0.255 e. The number of hydrogen-bond acceptors (Lipinski definition) is 8. The van der Waals surface area contributed by atoms with E-state index in [0.717, 1.165) is 17.8 Å². The molecule has 0 atom stereocenters. The first-order valence-corrected chi connectivity index (χ1v) is 9.52. The Morgan fingerprint density at radius 3 is 2.53 bits per heavy atom. The van der Waals surface area contributed by atoms with Crippen LogP contribution in [0.3, 0.4) is 0 Å². The highest BCUT2D eigenvalue weighted by Crippen LogP contribution is 2.40. The van der Waals surface area contributed by atoms with Crippen molar-refractivity contribution in [2.75, 3.05) is 27.9 Å². The van der Waals surface area contributed by atoms with E-state index in [4.69, 9.17) is 14.2 Å². The molecule has 9 heteroatoms. The van der Waals surface area contributed by atoms with Crippen LogP contribution in [-0.4, -0.2) is 52.7 Å². The molecule has 0 unspecified atom stereocenters. The lowest BCUT2D eigenvalue weighted by atomic mass is 10.0. The maximum absolute atomic E-state index is 12.7. The van der Waals surface area contributed by atoms with Crippen LogP contribution in [0.15, 0.2) is 35.6 Å². The molecule has 0 spiro atoms. The summed E-state index contributed by atoms with van der Waals surface area (Å²) in [5.41, 5.74) is 3.01. The highest BCUT2D eigenvalue weighted by molar-refractivity contribution is 5.56. The van der Waals surface area contributed by atoms with E-state index in [9.17, 15) is 4.79 Å². The molecule has 1 aliphatic heterocycles. The third kappa shape index (κ3) is 3.71. The van der Waals surface area contributed by atoms with Gasteiger partial charge in [0.05, 0.1) is 38.2 Å². The largest absolute Gasteiger partial charge is 0.493 e. The van der Waals surface area contributed by atoms with E-state index in [0.29, 0.717) is 53.7 Å². The van der Waals surface area contributed by atoms with Gasteiger partial charge in [0.15, 0.2) is 11.5 Å². The summed E-state index contributed by atoms with van der Waals surface area (Å²) in [6.45, 7) is 1.88. The van der Waals surface area contributed by atoms with Crippen LogP contribution in [-0.2, 0) is 19.5 Å². The predicted molar refractivity (Wildman–Crippen MR) is 110 cm³/mol. The van der Waals surface area contributed by atoms with Gasteiger partial charge in [-0.1, -0.05) is 6.07 Å². The van der Waals surface area contributed by atoms with E-state index < -0.39 is 0 Å². The zero-order valence-electron chi connectivity index (χ0n) is 17.1. The first kappa shape index (κ1) is 19.8. The number of H-pyrrole nitrogens is 1. The van der Waals surface area contributed by atoms with Crippen LogP contribution in [0.2, 0.25) is 0 Å². The van der Waals surface area contributed by atoms with Crippen molar-refractivity contribution in [2.24, 2.45) is 0 Å². The van der Waals surface area contributed by atoms with Gasteiger partial charge in [0, 0.05) is 44.0 Å². The Kier molecular flexibility index (Phi) is 5.62. The molecular weight excluding hydrogens is 386 g/mol. The number of benzene rings is 1. The lowest BCUT2D eigenvalue weighted by molar-refractivity contribution is 0.236. The molecule has 0 fully saturated rings. The van der Waals surface area contributed by atoms with Gasteiger partial charge in [-0.05, 0) is 6.07 Å². The van der Waals surface area contributed by atoms with Crippen molar-refractivity contribution in [3.63, 3.8) is 0 Å². The third-order valence-corrected chi connectivity index (χ3v) is 5.16. The van der Waals surface area contributed by atoms with Gasteiger partial charge in [-0.25, -0.2) is 15.0 Å². The Labute approximate surface area is 173 Å². The number of ether oxygens (including phenoxy) is 3. The molecule has 0 saturated heterocycles. The Balaban J connectivity index is 1.59. The van der Waals surface area contributed by atoms with Gasteiger partial charge in [-0.3, -0.25) is 9.69 Å². The second-order valence-corrected chi connectivity index (χ2v) is 6.92. The number of nitrogens with one attached hydrogen (secondary N) is 1. The molecule has 4 rings (SSSR count). The zero-order chi connectivity index (χ0) is 21.1. The van der Waals surface area contributed by atoms with Crippen molar-refractivity contribution in [1.29, 1.82) is 0 Å². The molecule has 0 radical (unpaired) electrons. The van der Waals surface area contributed by atoms with E-state index in [1.165, 1.54) is 6.33 Å². The Morgan fingerprint density at radius 2 is 1.83 bits per heavy atom. The quantitative estimate of drug-likeness (QED) is 0.658. The molecule has 0 aliphatic carbocycles. The summed E-state index contributed by atoms with van der Waals surface area (Å²) in [7, 11) is 4.78. The maximum atomic E-state index is 12.7. The molecule has 0 saturated carbocycles. The van der Waals surface area contributed by atoms with E-state index in [-0.39, 0.29) is 5.56 Å². The minimum Gasteiger partial charge on any atom is -0.493 e. The topological polar surface area (TPSA) is 102 Å². The van der Waals surface area contributed by atoms with Crippen LogP contribution >= 0.6 is 0 Å². The molecule has 1 N–H and O–H groups in total. The molecule has 1 aromatic carbocycles. The van der Waals surface area contributed by atoms with E-state index in [2.05, 4.69) is 24.8 Å². The van der Waals surface area contributed by atoms with Gasteiger partial charge in [0.1, 0.15) is 12.2 Å². The van der Waals surface area contributed by atoms with Crippen molar-refractivity contribution in [3.8, 4) is 28.6 Å². The second kappa shape index (κ2) is 8.50. The summed E-state index contributed by atoms with van der Waals surface area (Å²) in [5.74, 6) is 2.30. The van der Waals surface area contributed by atoms with Crippen LogP contribution in [0, 0.1) is 0 Å². The molecule has 0 amide bonds. The van der Waals surface area contributed by atoms with Crippen molar-refractivity contribution in [2.45, 2.75) is 19.5 Å². The summed E-state index contributed by atoms with van der Waals surface area (Å²) in [6.07, 6.45) is 5.39. The predicted octanol–water partition coefficient (Wildman–Crippen LogP) is 1.81. The third-order valence-electron chi connectivity index (χ3n) is 5.16. The second-order valence-electron chi connectivity index (χ2n) is 6.92. The van der Waals surface area contributed by atoms with Gasteiger partial charge >= 0.3 is 0 Å². The van der Waals surface area contributed by atoms with Crippen LogP contribution in [0.25, 0.3) is 11.4 Å². The average Bonchev–Trinajstić information content (AvgIpc) is 2.79. The van der Waals surface area contributed by atoms with Gasteiger partial charge < -0.3 is 19.2 Å². The van der Waals surface area contributed by atoms with Crippen molar-refractivity contribution in [3.05, 3.63) is 58.0 Å². The van der Waals surface area contributed by atoms with Crippen molar-refractivity contribution < 1.29 is 14.2 Å². The fraction of sp³-hybridized carbons (Fsp3) is 0.333. The molecule has 3 aromatic rings. The molecule has 9 nitrogen and oxygen atoms in total. The number of rotatable bonds is 6. The van der Waals surface area contributed by atoms with Gasteiger partial charge in [0.25, 0.3) is 5.56 Å². The summed E-state index contributed by atoms with van der Waals surface area (Å²) in [4.78, 5) is 30.4. The standard InChI is InChI=1S/C21H23N5O4/c1-28-17-5-4-13(18(29-2)19(17)30-3)10-26-7-6-16-15(11-26)21(27)25-20(24-16)14-8-22-12-23-9-14/h4-5,8-9,12H,6-7,10-11H2,1-3H3,(H,24,25,27). The number of hydrogen-bond donors (Lipinski definition) is 1. The number of methoxy groups -OCH3 is 3. The highest BCUT2D eigenvalue weighted by Gasteiger charge is 2.24. The van der Waals surface area contributed by atoms with Gasteiger partial charge in [-0.15, -0.1) is 0 Å². The normalized spacial score (nSPS) is 13.6. The monoisotopic (exact) mass is 409 g/mol. The number of aromatic amines is 1. The molecular formula is C21H23N5O4. The van der Waals surface area contributed by atoms with E-state index >= 15 is 0 Å². The lowest BCUT2D eigenvalue weighted by Crippen LogP contribution is -2.35. The van der Waals surface area contributed by atoms with Crippen molar-refractivity contribution in [1.82, 2.24) is 24.8 Å². The van der Waals surface area contributed by atoms with Crippen LogP contribution in [0.5, 0.6) is 17.2 Å². The first-order chi connectivity index (χ1) is 14.6. The summed E-state index contributed by atoms with van der Waals surface area (Å²) >= 11 is 0. The fourth-order valence-electron chi connectivity index (χ4n) is 3.70. The zero-order valence-corrected chi connectivity index (χ0v) is 17.1. The number of aromatic nitrogens is 4. The summed E-state index contributed by atoms with van der Waals surface area (Å²) < 4.78 is 16.4. The number of fused-ring (bicyclic) bond motifs is 1. The van der Waals surface area contributed by atoms with E-state index in [1.54, 1.807) is 33.7 Å². The SMILES string of the molecule is COc1ccc(CN2CCc3nc(-c4cncnc4)[nH]c(=O)c3C2)c(OC)c1OC. The van der Waals surface area contributed by atoms with Gasteiger partial charge in [0.2, 0.25) is 5.75 Å². The molecule has 156 valence electrons. The lowest BCUT2D eigenvalue weighted by Gasteiger charge is -2.28. The Morgan fingerprint density at radius 1 is 1.07 bits per heavy atom. The molecule has 1 aliphatic rings. The molecule has 0 bridgehead atoms. The van der Waals surface area contributed by atoms with E-state index in [1.807, 2.05) is 12.1 Å². The van der Waals surface area contributed by atoms with Crippen LogP contribution in [0.1, 0.15) is 16.8 Å². The minimum atomic E-state index is -0.136. The Hall–Kier alpha value is -3.46. The summed E-state index contributed by atoms with van der Waals surface area (Å²) in [6, 6.07) is 3.81. The minimum absolute atomic E-state index is 0.136. The van der Waals surface area contributed by atoms with Gasteiger partial charge in [-0.2, -0.15) is 0 Å². The fourth-order valence-corrected chi connectivity index (χ4v) is 3.70. The number of nitrogens with zero attached hydrogens (tertiary/aromatic N) is 4. The van der Waals surface area contributed by atoms with Crippen molar-refractivity contribution >= 4 is 0 Å². The molecule has 3 heterocycles. The van der Waals surface area contributed by atoms with Crippen LogP contribution < -0.4 is 19.8 Å². The summed E-state index contributed by atoms with van der Waals surface area (Å²) in [5, 5.41) is 0. The first-order valence-electron chi connectivity index (χ1n) is 9.52. The maximum Gasteiger partial charge on any atom is 0.255 e. The molecule has 30 heavy (non-hydrogen) atoms. The average molecular weight is 409 g/mol. The van der Waals surface area contributed by atoms with Crippen LogP contribution in [0.4, 0.5) is 0 Å². The molecule has 2 aromatic heterocycles. The highest BCUT2D eigenvalue weighted by atomic mass is 16.5.